The quantitative estimate of drug-likeness (QED) is 0.814. The summed E-state index contributed by atoms with van der Waals surface area (Å²) in [5.41, 5.74) is 6.09. The van der Waals surface area contributed by atoms with Crippen LogP contribution in [0.4, 0.5) is 0 Å². The molecule has 2 N–H and O–H groups in total. The van der Waals surface area contributed by atoms with Gasteiger partial charge in [0.1, 0.15) is 0 Å². The zero-order valence-corrected chi connectivity index (χ0v) is 12.4. The molecule has 0 aromatic rings. The number of nitrogens with zero attached hydrogens (tertiary/aromatic N) is 2. The minimum Gasteiger partial charge on any atom is -0.330 e. The molecule has 3 heteroatoms. The maximum absolute atomic E-state index is 5.79. The Morgan fingerprint density at radius 3 is 2.53 bits per heavy atom. The Hall–Kier alpha value is -0.120. The second-order valence-corrected chi connectivity index (χ2v) is 6.60. The van der Waals surface area contributed by atoms with Crippen LogP contribution >= 0.6 is 0 Å². The molecule has 0 radical (unpaired) electrons. The van der Waals surface area contributed by atoms with Gasteiger partial charge in [-0.3, -0.25) is 4.90 Å². The van der Waals surface area contributed by atoms with Gasteiger partial charge < -0.3 is 10.6 Å². The molecule has 0 saturated carbocycles. The lowest BCUT2D eigenvalue weighted by molar-refractivity contribution is 0.0590. The highest BCUT2D eigenvalue weighted by atomic mass is 15.3. The average Bonchev–Trinajstić information content (AvgIpc) is 2.30. The molecule has 17 heavy (non-hydrogen) atoms. The first kappa shape index (κ1) is 14.9. The highest BCUT2D eigenvalue weighted by Crippen LogP contribution is 2.27. The normalized spacial score (nSPS) is 27.4. The van der Waals surface area contributed by atoms with Gasteiger partial charge in [0, 0.05) is 24.7 Å². The molecule has 1 saturated heterocycles. The van der Waals surface area contributed by atoms with E-state index in [-0.39, 0.29) is 0 Å². The fourth-order valence-electron chi connectivity index (χ4n) is 2.88. The fraction of sp³-hybridized carbons (Fsp3) is 1.00. The smallest absolute Gasteiger partial charge is 0.0240 e. The SMILES string of the molecule is CC(C)CN1C(CCN)CN(C)CCC1(C)C. The van der Waals surface area contributed by atoms with E-state index in [0.29, 0.717) is 11.6 Å². The lowest BCUT2D eigenvalue weighted by Crippen LogP contribution is -2.52. The van der Waals surface area contributed by atoms with Crippen LogP contribution in [-0.2, 0) is 0 Å². The van der Waals surface area contributed by atoms with Crippen LogP contribution in [0.1, 0.15) is 40.5 Å². The van der Waals surface area contributed by atoms with Crippen molar-refractivity contribution in [3.63, 3.8) is 0 Å². The van der Waals surface area contributed by atoms with Crippen molar-refractivity contribution in [2.75, 3.05) is 33.2 Å². The van der Waals surface area contributed by atoms with Gasteiger partial charge in [-0.15, -0.1) is 0 Å². The summed E-state index contributed by atoms with van der Waals surface area (Å²) in [6, 6.07) is 0.616. The zero-order chi connectivity index (χ0) is 13.1. The van der Waals surface area contributed by atoms with Gasteiger partial charge in [0.25, 0.3) is 0 Å². The van der Waals surface area contributed by atoms with Crippen molar-refractivity contribution < 1.29 is 0 Å². The van der Waals surface area contributed by atoms with E-state index in [2.05, 4.69) is 44.5 Å². The number of likely N-dealkylation sites (N-methyl/N-ethyl adjacent to an activating group) is 1. The van der Waals surface area contributed by atoms with Crippen molar-refractivity contribution in [2.24, 2.45) is 11.7 Å². The van der Waals surface area contributed by atoms with E-state index in [9.17, 15) is 0 Å². The maximum Gasteiger partial charge on any atom is 0.0240 e. The van der Waals surface area contributed by atoms with Gasteiger partial charge in [0.2, 0.25) is 0 Å². The van der Waals surface area contributed by atoms with E-state index in [0.717, 1.165) is 25.4 Å². The summed E-state index contributed by atoms with van der Waals surface area (Å²) in [7, 11) is 2.23. The Bertz CT molecular complexity index is 226. The van der Waals surface area contributed by atoms with Crippen LogP contribution in [0.3, 0.4) is 0 Å². The van der Waals surface area contributed by atoms with E-state index in [4.69, 9.17) is 5.73 Å². The van der Waals surface area contributed by atoms with Crippen LogP contribution in [-0.4, -0.2) is 54.6 Å². The third-order valence-electron chi connectivity index (χ3n) is 3.91. The van der Waals surface area contributed by atoms with Crippen LogP contribution in [0, 0.1) is 5.92 Å². The van der Waals surface area contributed by atoms with Crippen LogP contribution in [0.2, 0.25) is 0 Å². The molecule has 1 aliphatic rings. The Kier molecular flexibility index (Phi) is 5.42. The second-order valence-electron chi connectivity index (χ2n) is 6.60. The van der Waals surface area contributed by atoms with Crippen LogP contribution in [0.15, 0.2) is 0 Å². The lowest BCUT2D eigenvalue weighted by atomic mass is 9.94. The first-order valence-electron chi connectivity index (χ1n) is 7.02. The first-order chi connectivity index (χ1) is 7.86. The highest BCUT2D eigenvalue weighted by molar-refractivity contribution is 4.92. The third-order valence-corrected chi connectivity index (χ3v) is 3.91. The molecule has 0 aliphatic carbocycles. The molecule has 0 aromatic carbocycles. The van der Waals surface area contributed by atoms with Gasteiger partial charge >= 0.3 is 0 Å². The van der Waals surface area contributed by atoms with E-state index in [1.54, 1.807) is 0 Å². The molecule has 1 rings (SSSR count). The van der Waals surface area contributed by atoms with Crippen molar-refractivity contribution >= 4 is 0 Å². The number of hydrogen-bond donors (Lipinski definition) is 1. The van der Waals surface area contributed by atoms with E-state index in [1.165, 1.54) is 19.5 Å². The molecular formula is C14H31N3. The summed E-state index contributed by atoms with van der Waals surface area (Å²) < 4.78 is 0. The van der Waals surface area contributed by atoms with Gasteiger partial charge in [-0.2, -0.15) is 0 Å². The van der Waals surface area contributed by atoms with E-state index >= 15 is 0 Å². The molecule has 1 aliphatic heterocycles. The zero-order valence-electron chi connectivity index (χ0n) is 12.4. The Balaban J connectivity index is 2.85. The minimum atomic E-state index is 0.300. The second kappa shape index (κ2) is 6.17. The standard InChI is InChI=1S/C14H31N3/c1-12(2)10-17-13(6-8-15)11-16(5)9-7-14(17,3)4/h12-13H,6-11,15H2,1-5H3. The van der Waals surface area contributed by atoms with Crippen molar-refractivity contribution in [3.8, 4) is 0 Å². The summed E-state index contributed by atoms with van der Waals surface area (Å²) in [6.45, 7) is 13.7. The Labute approximate surface area is 107 Å². The topological polar surface area (TPSA) is 32.5 Å². The van der Waals surface area contributed by atoms with Gasteiger partial charge in [0.05, 0.1) is 0 Å². The van der Waals surface area contributed by atoms with Crippen molar-refractivity contribution in [3.05, 3.63) is 0 Å². The van der Waals surface area contributed by atoms with Crippen molar-refractivity contribution in [1.82, 2.24) is 9.80 Å². The Morgan fingerprint density at radius 2 is 2.00 bits per heavy atom. The molecule has 0 aromatic heterocycles. The summed E-state index contributed by atoms with van der Waals surface area (Å²) in [5.74, 6) is 0.720. The number of rotatable bonds is 4. The summed E-state index contributed by atoms with van der Waals surface area (Å²) in [4.78, 5) is 5.16. The van der Waals surface area contributed by atoms with Gasteiger partial charge in [0.15, 0.2) is 0 Å². The molecule has 0 spiro atoms. The summed E-state index contributed by atoms with van der Waals surface area (Å²) >= 11 is 0. The van der Waals surface area contributed by atoms with Crippen LogP contribution < -0.4 is 5.73 Å². The molecule has 102 valence electrons. The first-order valence-corrected chi connectivity index (χ1v) is 7.02. The van der Waals surface area contributed by atoms with Crippen molar-refractivity contribution in [1.29, 1.82) is 0 Å². The summed E-state index contributed by atoms with van der Waals surface area (Å²) in [6.07, 6.45) is 2.36. The Morgan fingerprint density at radius 1 is 1.35 bits per heavy atom. The monoisotopic (exact) mass is 241 g/mol. The van der Waals surface area contributed by atoms with E-state index in [1.807, 2.05) is 0 Å². The molecule has 1 unspecified atom stereocenters. The summed E-state index contributed by atoms with van der Waals surface area (Å²) in [5, 5.41) is 0. The largest absolute Gasteiger partial charge is 0.330 e. The molecule has 0 bridgehead atoms. The number of nitrogens with two attached hydrogens (primary N) is 1. The molecule has 1 fully saturated rings. The predicted molar refractivity (Wildman–Crippen MR) is 75.2 cm³/mol. The van der Waals surface area contributed by atoms with Crippen molar-refractivity contribution in [2.45, 2.75) is 52.1 Å². The molecule has 1 heterocycles. The average molecular weight is 241 g/mol. The molecule has 3 nitrogen and oxygen atoms in total. The third kappa shape index (κ3) is 4.23. The predicted octanol–water partition coefficient (Wildman–Crippen LogP) is 1.78. The van der Waals surface area contributed by atoms with Gasteiger partial charge in [-0.1, -0.05) is 13.8 Å². The minimum absolute atomic E-state index is 0.300. The van der Waals surface area contributed by atoms with Crippen LogP contribution in [0.25, 0.3) is 0 Å². The maximum atomic E-state index is 5.79. The highest BCUT2D eigenvalue weighted by Gasteiger charge is 2.35. The lowest BCUT2D eigenvalue weighted by Gasteiger charge is -2.43. The molecular weight excluding hydrogens is 210 g/mol. The van der Waals surface area contributed by atoms with Crippen LogP contribution in [0.5, 0.6) is 0 Å². The number of hydrogen-bond acceptors (Lipinski definition) is 3. The van der Waals surface area contributed by atoms with E-state index < -0.39 is 0 Å². The molecule has 0 amide bonds. The molecule has 1 atom stereocenters. The van der Waals surface area contributed by atoms with Gasteiger partial charge in [-0.05, 0) is 52.7 Å². The fourth-order valence-corrected chi connectivity index (χ4v) is 2.88. The van der Waals surface area contributed by atoms with Gasteiger partial charge in [-0.25, -0.2) is 0 Å².